The van der Waals surface area contributed by atoms with Crippen LogP contribution in [0.3, 0.4) is 0 Å². The maximum Gasteiger partial charge on any atom is 0.511 e. The second kappa shape index (κ2) is 9.12. The van der Waals surface area contributed by atoms with Gasteiger partial charge in [-0.1, -0.05) is 57.5 Å². The van der Waals surface area contributed by atoms with Crippen molar-refractivity contribution in [3.8, 4) is 5.75 Å². The highest BCUT2D eigenvalue weighted by Crippen LogP contribution is 2.46. The van der Waals surface area contributed by atoms with Crippen molar-refractivity contribution in [2.45, 2.75) is 46.0 Å². The van der Waals surface area contributed by atoms with Crippen molar-refractivity contribution in [3.05, 3.63) is 59.7 Å². The Morgan fingerprint density at radius 3 is 2.45 bits per heavy atom. The van der Waals surface area contributed by atoms with Crippen LogP contribution in [0, 0.1) is 17.8 Å². The zero-order valence-electron chi connectivity index (χ0n) is 17.2. The molecule has 0 bridgehead atoms. The first-order valence-electron chi connectivity index (χ1n) is 10.3. The molecule has 0 aliphatic heterocycles. The first-order valence-corrected chi connectivity index (χ1v) is 10.3. The van der Waals surface area contributed by atoms with Gasteiger partial charge in [0.25, 0.3) is 5.91 Å². The predicted octanol–water partition coefficient (Wildman–Crippen LogP) is 6.17. The second-order valence-corrected chi connectivity index (χ2v) is 8.34. The number of hydrogen-bond donors (Lipinski definition) is 2. The van der Waals surface area contributed by atoms with Gasteiger partial charge >= 0.3 is 6.16 Å². The van der Waals surface area contributed by atoms with Gasteiger partial charge in [-0.2, -0.15) is 0 Å². The highest BCUT2D eigenvalue weighted by molar-refractivity contribution is 6.07. The number of anilines is 1. The van der Waals surface area contributed by atoms with Crippen LogP contribution in [0.5, 0.6) is 5.75 Å². The van der Waals surface area contributed by atoms with E-state index in [2.05, 4.69) is 26.1 Å². The number of rotatable bonds is 5. The fourth-order valence-corrected chi connectivity index (χ4v) is 4.55. The quantitative estimate of drug-likeness (QED) is 0.469. The molecule has 2 aromatic rings. The van der Waals surface area contributed by atoms with E-state index in [4.69, 9.17) is 4.74 Å². The van der Waals surface area contributed by atoms with Gasteiger partial charge in [-0.3, -0.25) is 4.79 Å². The summed E-state index contributed by atoms with van der Waals surface area (Å²) in [5.74, 6) is 1.40. The Balaban J connectivity index is 2.06. The fourth-order valence-electron chi connectivity index (χ4n) is 4.55. The topological polar surface area (TPSA) is 75.6 Å². The van der Waals surface area contributed by atoms with Crippen molar-refractivity contribution in [2.24, 2.45) is 17.8 Å². The Kier molecular flexibility index (Phi) is 6.57. The lowest BCUT2D eigenvalue weighted by Gasteiger charge is -2.38. The molecule has 0 aromatic heterocycles. The molecule has 1 aliphatic carbocycles. The molecule has 5 heteroatoms. The molecule has 3 rings (SSSR count). The number of carbonyl (C=O) groups excluding carboxylic acids is 1. The van der Waals surface area contributed by atoms with Crippen LogP contribution in [-0.2, 0) is 0 Å². The molecule has 29 heavy (non-hydrogen) atoms. The molecule has 1 fully saturated rings. The van der Waals surface area contributed by atoms with Gasteiger partial charge in [-0.25, -0.2) is 4.79 Å². The lowest BCUT2D eigenvalue weighted by molar-refractivity contribution is 0.101. The molecular formula is C24H29NO4. The number of benzene rings is 2. The largest absolute Gasteiger partial charge is 0.511 e. The van der Waals surface area contributed by atoms with Crippen LogP contribution >= 0.6 is 0 Å². The van der Waals surface area contributed by atoms with Crippen molar-refractivity contribution < 1.29 is 19.4 Å². The van der Waals surface area contributed by atoms with Crippen LogP contribution < -0.4 is 10.1 Å². The minimum absolute atomic E-state index is 0.0872. The highest BCUT2D eigenvalue weighted by atomic mass is 16.7. The van der Waals surface area contributed by atoms with Gasteiger partial charge < -0.3 is 15.2 Å². The second-order valence-electron chi connectivity index (χ2n) is 8.34. The highest BCUT2D eigenvalue weighted by Gasteiger charge is 2.35. The van der Waals surface area contributed by atoms with E-state index in [0.717, 1.165) is 18.4 Å². The van der Waals surface area contributed by atoms with Crippen LogP contribution in [0.1, 0.15) is 61.9 Å². The van der Waals surface area contributed by atoms with E-state index < -0.39 is 6.16 Å². The molecule has 1 aliphatic rings. The predicted molar refractivity (Wildman–Crippen MR) is 114 cm³/mol. The number of carboxylic acid groups (broad SMARTS) is 1. The van der Waals surface area contributed by atoms with Crippen LogP contribution in [0.2, 0.25) is 0 Å². The number of nitrogens with one attached hydrogen (secondary N) is 1. The molecule has 1 amide bonds. The Morgan fingerprint density at radius 1 is 1.07 bits per heavy atom. The lowest BCUT2D eigenvalue weighted by Crippen LogP contribution is -2.28. The molecule has 154 valence electrons. The fraction of sp³-hybridized carbons (Fsp3) is 0.417. The maximum absolute atomic E-state index is 13.3. The summed E-state index contributed by atoms with van der Waals surface area (Å²) in [6.45, 7) is 6.68. The van der Waals surface area contributed by atoms with E-state index in [1.165, 1.54) is 6.42 Å². The molecule has 2 N–H and O–H groups in total. The third-order valence-corrected chi connectivity index (χ3v) is 5.94. The Labute approximate surface area is 172 Å². The summed E-state index contributed by atoms with van der Waals surface area (Å²) >= 11 is 0. The van der Waals surface area contributed by atoms with Gasteiger partial charge in [-0.15, -0.1) is 0 Å². The summed E-state index contributed by atoms with van der Waals surface area (Å²) in [6, 6.07) is 14.4. The van der Waals surface area contributed by atoms with E-state index in [1.807, 2.05) is 24.3 Å². The molecule has 2 aromatic carbocycles. The van der Waals surface area contributed by atoms with Crippen molar-refractivity contribution in [3.63, 3.8) is 0 Å². The zero-order chi connectivity index (χ0) is 21.0. The molecule has 3 atom stereocenters. The van der Waals surface area contributed by atoms with Gasteiger partial charge in [0.1, 0.15) is 5.75 Å². The maximum atomic E-state index is 13.3. The molecule has 0 heterocycles. The molecule has 3 unspecified atom stereocenters. The summed E-state index contributed by atoms with van der Waals surface area (Å²) in [6.07, 6.45) is 1.84. The minimum atomic E-state index is -1.42. The first kappa shape index (κ1) is 20.9. The Morgan fingerprint density at radius 2 is 1.79 bits per heavy atom. The standard InChI is InChI=1S/C24H29NO4/c1-15(2)18-13-12-16(3)14-20(18)19-10-7-11-21(29-24(27)28)22(19)23(26)25-17-8-5-4-6-9-17/h4-11,15-16,18,20H,12-14H2,1-3H3,(H,25,26)(H,27,28). The van der Waals surface area contributed by atoms with Gasteiger partial charge in [0, 0.05) is 5.69 Å². The summed E-state index contributed by atoms with van der Waals surface area (Å²) < 4.78 is 5.01. The van der Waals surface area contributed by atoms with Crippen molar-refractivity contribution in [1.82, 2.24) is 0 Å². The van der Waals surface area contributed by atoms with E-state index in [0.29, 0.717) is 29.0 Å². The van der Waals surface area contributed by atoms with E-state index >= 15 is 0 Å². The zero-order valence-corrected chi connectivity index (χ0v) is 17.2. The third kappa shape index (κ3) is 4.97. The van der Waals surface area contributed by atoms with Crippen LogP contribution in [-0.4, -0.2) is 17.2 Å². The number of carbonyl (C=O) groups is 2. The lowest BCUT2D eigenvalue weighted by atomic mass is 9.67. The molecule has 0 radical (unpaired) electrons. The molecule has 5 nitrogen and oxygen atoms in total. The van der Waals surface area contributed by atoms with Crippen molar-refractivity contribution >= 4 is 17.7 Å². The van der Waals surface area contributed by atoms with Gasteiger partial charge in [0.15, 0.2) is 0 Å². The number of hydrogen-bond acceptors (Lipinski definition) is 3. The molecular weight excluding hydrogens is 366 g/mol. The summed E-state index contributed by atoms with van der Waals surface area (Å²) in [5, 5.41) is 12.1. The van der Waals surface area contributed by atoms with Crippen molar-refractivity contribution in [2.75, 3.05) is 5.32 Å². The average Bonchev–Trinajstić information content (AvgIpc) is 2.67. The average molecular weight is 395 g/mol. The smallest absolute Gasteiger partial charge is 0.449 e. The monoisotopic (exact) mass is 395 g/mol. The Hall–Kier alpha value is -2.82. The van der Waals surface area contributed by atoms with Crippen LogP contribution in [0.4, 0.5) is 10.5 Å². The molecule has 1 saturated carbocycles. The van der Waals surface area contributed by atoms with E-state index in [-0.39, 0.29) is 17.6 Å². The number of ether oxygens (including phenoxy) is 1. The number of amides is 1. The van der Waals surface area contributed by atoms with Crippen LogP contribution in [0.25, 0.3) is 0 Å². The normalized spacial score (nSPS) is 21.6. The van der Waals surface area contributed by atoms with Gasteiger partial charge in [-0.05, 0) is 60.3 Å². The van der Waals surface area contributed by atoms with Crippen molar-refractivity contribution in [1.29, 1.82) is 0 Å². The summed E-state index contributed by atoms with van der Waals surface area (Å²) in [7, 11) is 0. The van der Waals surface area contributed by atoms with Crippen LogP contribution in [0.15, 0.2) is 48.5 Å². The molecule has 0 saturated heterocycles. The summed E-state index contributed by atoms with van der Waals surface area (Å²) in [4.78, 5) is 24.5. The SMILES string of the molecule is CC1CCC(C(C)C)C(c2cccc(OC(=O)O)c2C(=O)Nc2ccccc2)C1. The number of para-hydroxylation sites is 1. The van der Waals surface area contributed by atoms with Gasteiger partial charge in [0.05, 0.1) is 5.56 Å². The van der Waals surface area contributed by atoms with E-state index in [9.17, 15) is 14.7 Å². The van der Waals surface area contributed by atoms with E-state index in [1.54, 1.807) is 24.3 Å². The Bertz CT molecular complexity index is 862. The minimum Gasteiger partial charge on any atom is -0.449 e. The summed E-state index contributed by atoms with van der Waals surface area (Å²) in [5.41, 5.74) is 1.86. The van der Waals surface area contributed by atoms with Gasteiger partial charge in [0.2, 0.25) is 0 Å². The molecule has 0 spiro atoms. The third-order valence-electron chi connectivity index (χ3n) is 5.94. The first-order chi connectivity index (χ1) is 13.9.